The van der Waals surface area contributed by atoms with Gasteiger partial charge in [-0.05, 0) is 17.3 Å². The molecule has 0 saturated carbocycles. The van der Waals surface area contributed by atoms with Crippen molar-refractivity contribution in [1.82, 2.24) is 0 Å². The van der Waals surface area contributed by atoms with Crippen LogP contribution in [0.15, 0.2) is 40.7 Å². The van der Waals surface area contributed by atoms with Crippen LogP contribution in [0.1, 0.15) is 0 Å². The second-order valence-corrected chi connectivity index (χ2v) is 2.33. The third-order valence-corrected chi connectivity index (χ3v) is 0.848. The van der Waals surface area contributed by atoms with Crippen LogP contribution in [0.25, 0.3) is 0 Å². The molecule has 0 unspecified atom stereocenters. The molecule has 2 nitrogen and oxygen atoms in total. The van der Waals surface area contributed by atoms with E-state index >= 15 is 0 Å². The smallest absolute Gasteiger partial charge is 0.108 e. The molecule has 0 aromatic carbocycles. The topological polar surface area (TPSA) is 29.4 Å². The minimum atomic E-state index is 0.275. The summed E-state index contributed by atoms with van der Waals surface area (Å²) in [4.78, 5) is 9.82. The lowest BCUT2D eigenvalue weighted by atomic mass is 10.4. The molecule has 0 heterocycles. The van der Waals surface area contributed by atoms with Crippen molar-refractivity contribution in [2.24, 2.45) is 5.18 Å². The fourth-order valence-electron chi connectivity index (χ4n) is 0.283. The number of nitroso groups, excluding NO2 is 1. The largest absolute Gasteiger partial charge is 0.145 e. The lowest BCUT2D eigenvalue weighted by Gasteiger charge is -1.83. The van der Waals surface area contributed by atoms with Gasteiger partial charge in [0.25, 0.3) is 0 Å². The highest BCUT2D eigenvalue weighted by Crippen LogP contribution is 2.07. The SMILES string of the molecule is C=C/C(=C\C(=C)Br)N=O. The Bertz CT molecular complexity index is 162. The highest BCUT2D eigenvalue weighted by Gasteiger charge is 1.86. The zero-order valence-electron chi connectivity index (χ0n) is 4.80. The van der Waals surface area contributed by atoms with Gasteiger partial charge in [-0.15, -0.1) is 4.91 Å². The first-order valence-electron chi connectivity index (χ1n) is 2.22. The maximum atomic E-state index is 9.82. The van der Waals surface area contributed by atoms with Crippen molar-refractivity contribution >= 4 is 15.9 Å². The third kappa shape index (κ3) is 3.85. The molecule has 0 saturated heterocycles. The van der Waals surface area contributed by atoms with Crippen molar-refractivity contribution in [3.05, 3.63) is 40.4 Å². The summed E-state index contributed by atoms with van der Waals surface area (Å²) in [5.74, 6) is 0. The normalized spacial score (nSPS) is 10.6. The molecule has 0 atom stereocenters. The van der Waals surface area contributed by atoms with Crippen molar-refractivity contribution in [1.29, 1.82) is 0 Å². The average Bonchev–Trinajstić information content (AvgIpc) is 1.82. The first-order valence-corrected chi connectivity index (χ1v) is 3.02. The first-order chi connectivity index (χ1) is 4.20. The van der Waals surface area contributed by atoms with E-state index < -0.39 is 0 Å². The highest BCUT2D eigenvalue weighted by molar-refractivity contribution is 9.11. The summed E-state index contributed by atoms with van der Waals surface area (Å²) in [7, 11) is 0. The molecule has 0 radical (unpaired) electrons. The van der Waals surface area contributed by atoms with Gasteiger partial charge in [0.05, 0.1) is 0 Å². The van der Waals surface area contributed by atoms with Gasteiger partial charge in [0, 0.05) is 4.48 Å². The maximum Gasteiger partial charge on any atom is 0.108 e. The van der Waals surface area contributed by atoms with Crippen molar-refractivity contribution in [2.75, 3.05) is 0 Å². The summed E-state index contributed by atoms with van der Waals surface area (Å²) in [6, 6.07) is 0. The van der Waals surface area contributed by atoms with Gasteiger partial charge in [-0.3, -0.25) is 0 Å². The Morgan fingerprint density at radius 2 is 2.22 bits per heavy atom. The van der Waals surface area contributed by atoms with E-state index in [0.29, 0.717) is 4.48 Å². The van der Waals surface area contributed by atoms with Gasteiger partial charge in [0.2, 0.25) is 0 Å². The molecule has 0 spiro atoms. The van der Waals surface area contributed by atoms with Crippen molar-refractivity contribution in [3.8, 4) is 0 Å². The van der Waals surface area contributed by atoms with Crippen LogP contribution in [0.5, 0.6) is 0 Å². The van der Waals surface area contributed by atoms with Crippen molar-refractivity contribution in [3.63, 3.8) is 0 Å². The molecule has 0 rings (SSSR count). The van der Waals surface area contributed by atoms with Crippen LogP contribution in [0.4, 0.5) is 0 Å². The highest BCUT2D eigenvalue weighted by atomic mass is 79.9. The van der Waals surface area contributed by atoms with E-state index in [0.717, 1.165) is 0 Å². The first kappa shape index (κ1) is 8.30. The number of halogens is 1. The number of rotatable bonds is 3. The minimum Gasteiger partial charge on any atom is -0.145 e. The predicted molar refractivity (Wildman–Crippen MR) is 42.1 cm³/mol. The summed E-state index contributed by atoms with van der Waals surface area (Å²) < 4.78 is 0.608. The van der Waals surface area contributed by atoms with Crippen LogP contribution in [0.3, 0.4) is 0 Å². The van der Waals surface area contributed by atoms with Crippen LogP contribution in [-0.4, -0.2) is 0 Å². The van der Waals surface area contributed by atoms with Crippen molar-refractivity contribution in [2.45, 2.75) is 0 Å². The van der Waals surface area contributed by atoms with E-state index in [1.54, 1.807) is 0 Å². The maximum absolute atomic E-state index is 9.82. The molecule has 0 aromatic heterocycles. The number of allylic oxidation sites excluding steroid dienone is 3. The van der Waals surface area contributed by atoms with Gasteiger partial charge in [0.1, 0.15) is 5.70 Å². The Labute approximate surface area is 62.1 Å². The summed E-state index contributed by atoms with van der Waals surface area (Å²) >= 11 is 3.04. The van der Waals surface area contributed by atoms with E-state index in [1.807, 2.05) is 0 Å². The van der Waals surface area contributed by atoms with E-state index in [2.05, 4.69) is 34.3 Å². The Hall–Kier alpha value is -0.700. The second-order valence-electron chi connectivity index (χ2n) is 1.31. The Morgan fingerprint density at radius 3 is 2.33 bits per heavy atom. The summed E-state index contributed by atoms with van der Waals surface area (Å²) in [5, 5.41) is 2.65. The Balaban J connectivity index is 4.24. The fraction of sp³-hybridized carbons (Fsp3) is 0. The molecule has 0 N–H and O–H groups in total. The van der Waals surface area contributed by atoms with E-state index in [-0.39, 0.29) is 5.70 Å². The summed E-state index contributed by atoms with van der Waals surface area (Å²) in [6.45, 7) is 6.85. The van der Waals surface area contributed by atoms with Crippen LogP contribution in [0.2, 0.25) is 0 Å². The zero-order chi connectivity index (χ0) is 7.28. The molecule has 0 fully saturated rings. The number of hydrogen-bond acceptors (Lipinski definition) is 2. The number of hydrogen-bond donors (Lipinski definition) is 0. The molecule has 0 amide bonds. The van der Waals surface area contributed by atoms with Gasteiger partial charge >= 0.3 is 0 Å². The van der Waals surface area contributed by atoms with Gasteiger partial charge in [-0.1, -0.05) is 29.1 Å². The standard InChI is InChI=1S/C6H6BrNO/c1-3-6(8-9)4-5(2)7/h3-4H,1-2H2/b6-4+. The summed E-state index contributed by atoms with van der Waals surface area (Å²) in [5.41, 5.74) is 0.275. The molecule has 0 aliphatic heterocycles. The third-order valence-electron chi connectivity index (χ3n) is 0.619. The van der Waals surface area contributed by atoms with Gasteiger partial charge in [0.15, 0.2) is 0 Å². The molecule has 3 heteroatoms. The molecule has 0 aromatic rings. The van der Waals surface area contributed by atoms with E-state index in [9.17, 15) is 4.91 Å². The Morgan fingerprint density at radius 1 is 1.67 bits per heavy atom. The molecular weight excluding hydrogens is 182 g/mol. The molecular formula is C6H6BrNO. The molecule has 0 aliphatic rings. The predicted octanol–water partition coefficient (Wildman–Crippen LogP) is 2.73. The van der Waals surface area contributed by atoms with E-state index in [4.69, 9.17) is 0 Å². The van der Waals surface area contributed by atoms with Gasteiger partial charge in [-0.25, -0.2) is 0 Å². The lowest BCUT2D eigenvalue weighted by Crippen LogP contribution is -1.66. The Kier molecular flexibility index (Phi) is 3.88. The molecule has 0 bridgehead atoms. The van der Waals surface area contributed by atoms with E-state index in [1.165, 1.54) is 12.2 Å². The van der Waals surface area contributed by atoms with Crippen molar-refractivity contribution < 1.29 is 0 Å². The molecule has 48 valence electrons. The summed E-state index contributed by atoms with van der Waals surface area (Å²) in [6.07, 6.45) is 2.85. The van der Waals surface area contributed by atoms with Crippen LogP contribution in [0, 0.1) is 4.91 Å². The van der Waals surface area contributed by atoms with Gasteiger partial charge in [-0.2, -0.15) is 0 Å². The van der Waals surface area contributed by atoms with Gasteiger partial charge < -0.3 is 0 Å². The monoisotopic (exact) mass is 187 g/mol. The van der Waals surface area contributed by atoms with Crippen LogP contribution >= 0.6 is 15.9 Å². The zero-order valence-corrected chi connectivity index (χ0v) is 6.39. The lowest BCUT2D eigenvalue weighted by molar-refractivity contribution is 1.39. The molecule has 9 heavy (non-hydrogen) atoms. The van der Waals surface area contributed by atoms with Crippen LogP contribution < -0.4 is 0 Å². The fourth-order valence-corrected chi connectivity index (χ4v) is 0.518. The molecule has 0 aliphatic carbocycles. The average molecular weight is 188 g/mol. The second kappa shape index (κ2) is 4.21. The quantitative estimate of drug-likeness (QED) is 0.494. The number of nitrogens with zero attached hydrogens (tertiary/aromatic N) is 1. The minimum absolute atomic E-state index is 0.275. The van der Waals surface area contributed by atoms with Crippen LogP contribution in [-0.2, 0) is 0 Å².